The molecule has 0 unspecified atom stereocenters. The number of hydrogen-bond acceptors (Lipinski definition) is 4. The summed E-state index contributed by atoms with van der Waals surface area (Å²) in [6.07, 6.45) is 9.11. The van der Waals surface area contributed by atoms with E-state index in [-0.39, 0.29) is 0 Å². The molecular formula is C19H19N5. The molecule has 24 heavy (non-hydrogen) atoms. The molecule has 0 spiro atoms. The summed E-state index contributed by atoms with van der Waals surface area (Å²) in [7, 11) is 3.80. The lowest BCUT2D eigenvalue weighted by Gasteiger charge is -2.10. The van der Waals surface area contributed by atoms with Crippen LogP contribution in [-0.2, 0) is 0 Å². The average molecular weight is 317 g/mol. The Kier molecular flexibility index (Phi) is 4.24. The molecule has 3 heterocycles. The van der Waals surface area contributed by atoms with Crippen molar-refractivity contribution in [2.45, 2.75) is 0 Å². The van der Waals surface area contributed by atoms with E-state index in [0.717, 1.165) is 27.9 Å². The van der Waals surface area contributed by atoms with Gasteiger partial charge in [-0.15, -0.1) is 0 Å². The normalized spacial score (nSPS) is 11.1. The third kappa shape index (κ3) is 3.10. The molecule has 0 saturated carbocycles. The van der Waals surface area contributed by atoms with Gasteiger partial charge >= 0.3 is 0 Å². The molecule has 0 aliphatic carbocycles. The molecule has 3 aromatic heterocycles. The minimum absolute atomic E-state index is 0.673. The summed E-state index contributed by atoms with van der Waals surface area (Å²) in [6.45, 7) is 7.89. The molecule has 0 bridgehead atoms. The standard InChI is InChI=1S/C19H19N5/c1-14(11-21-15(2)23(3)4)17-5-6-19(22-12-17)24-10-8-16-7-9-20-13-18(16)24/h5-13H,1-2H2,3-4H3. The van der Waals surface area contributed by atoms with Crippen molar-refractivity contribution in [3.63, 3.8) is 0 Å². The van der Waals surface area contributed by atoms with Crippen LogP contribution in [0.1, 0.15) is 5.56 Å². The number of fused-ring (bicyclic) bond motifs is 1. The maximum absolute atomic E-state index is 4.53. The van der Waals surface area contributed by atoms with Gasteiger partial charge in [-0.3, -0.25) is 9.55 Å². The topological polar surface area (TPSA) is 46.3 Å². The number of aromatic nitrogens is 3. The molecule has 3 aromatic rings. The Hall–Kier alpha value is -3.21. The highest BCUT2D eigenvalue weighted by molar-refractivity contribution is 6.08. The van der Waals surface area contributed by atoms with Crippen LogP contribution < -0.4 is 0 Å². The molecule has 3 rings (SSSR count). The maximum Gasteiger partial charge on any atom is 0.137 e. The van der Waals surface area contributed by atoms with Crippen LogP contribution in [0, 0.1) is 0 Å². The molecule has 0 atom stereocenters. The van der Waals surface area contributed by atoms with Crippen molar-refractivity contribution in [2.75, 3.05) is 14.1 Å². The van der Waals surface area contributed by atoms with Crippen LogP contribution in [0.15, 0.2) is 73.0 Å². The molecule has 0 radical (unpaired) electrons. The van der Waals surface area contributed by atoms with Crippen LogP contribution in [-0.4, -0.2) is 39.7 Å². The maximum atomic E-state index is 4.53. The molecule has 0 fully saturated rings. The zero-order chi connectivity index (χ0) is 17.1. The predicted octanol–water partition coefficient (Wildman–Crippen LogP) is 3.54. The molecular weight excluding hydrogens is 298 g/mol. The van der Waals surface area contributed by atoms with Gasteiger partial charge in [0.05, 0.1) is 11.7 Å². The lowest BCUT2D eigenvalue weighted by molar-refractivity contribution is 0.510. The van der Waals surface area contributed by atoms with Crippen molar-refractivity contribution in [2.24, 2.45) is 4.99 Å². The summed E-state index contributed by atoms with van der Waals surface area (Å²) in [4.78, 5) is 14.8. The van der Waals surface area contributed by atoms with Crippen molar-refractivity contribution in [1.29, 1.82) is 0 Å². The van der Waals surface area contributed by atoms with Crippen LogP contribution in [0.2, 0.25) is 0 Å². The number of pyridine rings is 2. The molecule has 5 nitrogen and oxygen atoms in total. The fraction of sp³-hybridized carbons (Fsp3) is 0.105. The molecule has 120 valence electrons. The smallest absolute Gasteiger partial charge is 0.137 e. The van der Waals surface area contributed by atoms with Gasteiger partial charge in [0, 0.05) is 49.9 Å². The average Bonchev–Trinajstić information content (AvgIpc) is 3.03. The second-order valence-corrected chi connectivity index (χ2v) is 5.62. The van der Waals surface area contributed by atoms with E-state index in [0.29, 0.717) is 5.82 Å². The zero-order valence-electron chi connectivity index (χ0n) is 13.8. The number of rotatable bonds is 5. The number of allylic oxidation sites excluding steroid dienone is 1. The molecule has 5 heteroatoms. The van der Waals surface area contributed by atoms with Gasteiger partial charge in [-0.25, -0.2) is 9.98 Å². The quantitative estimate of drug-likeness (QED) is 0.676. The lowest BCUT2D eigenvalue weighted by Crippen LogP contribution is -2.08. The Morgan fingerprint density at radius 3 is 2.71 bits per heavy atom. The Morgan fingerprint density at radius 2 is 2.00 bits per heavy atom. The Morgan fingerprint density at radius 1 is 1.17 bits per heavy atom. The number of hydrogen-bond donors (Lipinski definition) is 0. The van der Waals surface area contributed by atoms with E-state index in [9.17, 15) is 0 Å². The predicted molar refractivity (Wildman–Crippen MR) is 99.2 cm³/mol. The summed E-state index contributed by atoms with van der Waals surface area (Å²) in [5, 5.41) is 1.13. The summed E-state index contributed by atoms with van der Waals surface area (Å²) < 4.78 is 2.01. The first-order valence-electron chi connectivity index (χ1n) is 7.53. The fourth-order valence-electron chi connectivity index (χ4n) is 2.23. The molecule has 0 N–H and O–H groups in total. The van der Waals surface area contributed by atoms with E-state index >= 15 is 0 Å². The van der Waals surface area contributed by atoms with Crippen molar-refractivity contribution in [3.05, 3.63) is 73.6 Å². The van der Waals surface area contributed by atoms with Crippen LogP contribution in [0.5, 0.6) is 0 Å². The van der Waals surface area contributed by atoms with Crippen molar-refractivity contribution < 1.29 is 0 Å². The van der Waals surface area contributed by atoms with Gasteiger partial charge in [-0.05, 0) is 29.8 Å². The molecule has 0 aliphatic rings. The second kappa shape index (κ2) is 6.50. The van der Waals surface area contributed by atoms with Gasteiger partial charge in [0.25, 0.3) is 0 Å². The zero-order valence-corrected chi connectivity index (χ0v) is 13.8. The highest BCUT2D eigenvalue weighted by atomic mass is 15.2. The SMILES string of the molecule is C=C(C=NC(=C)N(C)C)c1ccc(-n2ccc3ccncc32)nc1. The van der Waals surface area contributed by atoms with Gasteiger partial charge < -0.3 is 4.90 Å². The summed E-state index contributed by atoms with van der Waals surface area (Å²) in [5.41, 5.74) is 2.74. The second-order valence-electron chi connectivity index (χ2n) is 5.62. The van der Waals surface area contributed by atoms with E-state index in [1.54, 1.807) is 18.6 Å². The number of nitrogens with zero attached hydrogens (tertiary/aromatic N) is 5. The van der Waals surface area contributed by atoms with Crippen molar-refractivity contribution in [3.8, 4) is 5.82 Å². The van der Waals surface area contributed by atoms with Gasteiger partial charge in [-0.1, -0.05) is 13.2 Å². The van der Waals surface area contributed by atoms with E-state index in [4.69, 9.17) is 0 Å². The van der Waals surface area contributed by atoms with E-state index in [1.165, 1.54) is 0 Å². The van der Waals surface area contributed by atoms with Gasteiger partial charge in [0.15, 0.2) is 0 Å². The van der Waals surface area contributed by atoms with Crippen LogP contribution >= 0.6 is 0 Å². The Labute approximate surface area is 141 Å². The Balaban J connectivity index is 1.83. The molecule has 0 saturated heterocycles. The van der Waals surface area contributed by atoms with Crippen molar-refractivity contribution in [1.82, 2.24) is 19.4 Å². The summed E-state index contributed by atoms with van der Waals surface area (Å²) in [6, 6.07) is 7.97. The third-order valence-corrected chi connectivity index (χ3v) is 3.75. The fourth-order valence-corrected chi connectivity index (χ4v) is 2.23. The van der Waals surface area contributed by atoms with Crippen LogP contribution in [0.3, 0.4) is 0 Å². The lowest BCUT2D eigenvalue weighted by atomic mass is 10.1. The first kappa shape index (κ1) is 15.7. The van der Waals surface area contributed by atoms with Crippen LogP contribution in [0.25, 0.3) is 22.3 Å². The monoisotopic (exact) mass is 317 g/mol. The minimum atomic E-state index is 0.673. The largest absolute Gasteiger partial charge is 0.363 e. The highest BCUT2D eigenvalue weighted by Gasteiger charge is 2.05. The van der Waals surface area contributed by atoms with Gasteiger partial charge in [0.2, 0.25) is 0 Å². The van der Waals surface area contributed by atoms with Crippen LogP contribution in [0.4, 0.5) is 0 Å². The summed E-state index contributed by atoms with van der Waals surface area (Å²) >= 11 is 0. The summed E-state index contributed by atoms with van der Waals surface area (Å²) in [5.74, 6) is 1.51. The number of aliphatic imine (C=N–C) groups is 1. The van der Waals surface area contributed by atoms with Crippen molar-refractivity contribution >= 4 is 22.7 Å². The Bertz CT molecular complexity index is 916. The van der Waals surface area contributed by atoms with Gasteiger partial charge in [-0.2, -0.15) is 0 Å². The van der Waals surface area contributed by atoms with E-state index in [2.05, 4.69) is 28.1 Å². The molecule has 0 aromatic carbocycles. The first-order valence-corrected chi connectivity index (χ1v) is 7.53. The first-order chi connectivity index (χ1) is 11.6. The van der Waals surface area contributed by atoms with Gasteiger partial charge in [0.1, 0.15) is 11.6 Å². The third-order valence-electron chi connectivity index (χ3n) is 3.75. The van der Waals surface area contributed by atoms with E-state index < -0.39 is 0 Å². The minimum Gasteiger partial charge on any atom is -0.363 e. The highest BCUT2D eigenvalue weighted by Crippen LogP contribution is 2.19. The molecule has 0 amide bonds. The molecule has 0 aliphatic heterocycles. The van der Waals surface area contributed by atoms with E-state index in [1.807, 2.05) is 60.2 Å².